The van der Waals surface area contributed by atoms with E-state index in [0.717, 1.165) is 25.1 Å². The standard InChI is InChI=1S/C21H18FN3O/c1-14-5-8-19-24-18-13-15(6-7-16-4-2-3-10-23-16)12-17(22)20(18)21(26)25(19)11-9-14/h2-4,10,12-14H,5,8-9,11H2,1H3. The Morgan fingerprint density at radius 1 is 1.23 bits per heavy atom. The molecule has 4 rings (SSSR count). The van der Waals surface area contributed by atoms with Crippen LogP contribution < -0.4 is 5.56 Å². The van der Waals surface area contributed by atoms with Gasteiger partial charge in [0.1, 0.15) is 22.7 Å². The summed E-state index contributed by atoms with van der Waals surface area (Å²) < 4.78 is 16.3. The summed E-state index contributed by atoms with van der Waals surface area (Å²) in [4.78, 5) is 21.5. The van der Waals surface area contributed by atoms with Crippen LogP contribution in [0, 0.1) is 23.6 Å². The van der Waals surface area contributed by atoms with Gasteiger partial charge in [-0.15, -0.1) is 0 Å². The molecule has 1 aliphatic rings. The van der Waals surface area contributed by atoms with Crippen LogP contribution in [0.25, 0.3) is 10.9 Å². The molecule has 4 nitrogen and oxygen atoms in total. The predicted octanol–water partition coefficient (Wildman–Crippen LogP) is 3.30. The zero-order valence-electron chi connectivity index (χ0n) is 14.5. The van der Waals surface area contributed by atoms with Gasteiger partial charge in [0.2, 0.25) is 0 Å². The van der Waals surface area contributed by atoms with Crippen molar-refractivity contribution in [1.29, 1.82) is 0 Å². The SMILES string of the molecule is CC1CCc2nc3cc(C#Cc4ccccn4)cc(F)c3c(=O)n2CC1. The van der Waals surface area contributed by atoms with Gasteiger partial charge in [-0.25, -0.2) is 14.4 Å². The van der Waals surface area contributed by atoms with Crippen LogP contribution in [0.3, 0.4) is 0 Å². The molecule has 0 aliphatic carbocycles. The highest BCUT2D eigenvalue weighted by Gasteiger charge is 2.19. The molecule has 0 amide bonds. The van der Waals surface area contributed by atoms with E-state index in [1.807, 2.05) is 12.1 Å². The Labute approximate surface area is 150 Å². The lowest BCUT2D eigenvalue weighted by Gasteiger charge is -2.10. The average molecular weight is 347 g/mol. The molecular weight excluding hydrogens is 329 g/mol. The second-order valence-electron chi connectivity index (χ2n) is 6.73. The van der Waals surface area contributed by atoms with E-state index < -0.39 is 5.82 Å². The second kappa shape index (κ2) is 6.72. The summed E-state index contributed by atoms with van der Waals surface area (Å²) in [5, 5.41) is 0.0479. The third-order valence-electron chi connectivity index (χ3n) is 4.80. The highest BCUT2D eigenvalue weighted by atomic mass is 19.1. The van der Waals surface area contributed by atoms with Crippen LogP contribution >= 0.6 is 0 Å². The number of hydrogen-bond acceptors (Lipinski definition) is 3. The Kier molecular flexibility index (Phi) is 4.26. The number of aryl methyl sites for hydroxylation is 1. The predicted molar refractivity (Wildman–Crippen MR) is 98.3 cm³/mol. The van der Waals surface area contributed by atoms with Crippen LogP contribution in [-0.2, 0) is 13.0 Å². The minimum atomic E-state index is -0.571. The van der Waals surface area contributed by atoms with Gasteiger partial charge in [0.25, 0.3) is 5.56 Å². The Morgan fingerprint density at radius 2 is 2.12 bits per heavy atom. The molecule has 0 saturated carbocycles. The van der Waals surface area contributed by atoms with Crippen molar-refractivity contribution in [3.63, 3.8) is 0 Å². The number of aromatic nitrogens is 3. The van der Waals surface area contributed by atoms with E-state index in [9.17, 15) is 9.18 Å². The molecule has 1 aromatic carbocycles. The lowest BCUT2D eigenvalue weighted by atomic mass is 10.0. The fraction of sp³-hybridized carbons (Fsp3) is 0.286. The van der Waals surface area contributed by atoms with E-state index in [-0.39, 0.29) is 10.9 Å². The second-order valence-corrected chi connectivity index (χ2v) is 6.73. The summed E-state index contributed by atoms with van der Waals surface area (Å²) in [6.45, 7) is 2.77. The summed E-state index contributed by atoms with van der Waals surface area (Å²) >= 11 is 0. The van der Waals surface area contributed by atoms with Crippen molar-refractivity contribution in [2.24, 2.45) is 5.92 Å². The molecule has 0 fully saturated rings. The number of hydrogen-bond donors (Lipinski definition) is 0. The van der Waals surface area contributed by atoms with Gasteiger partial charge in [-0.2, -0.15) is 0 Å². The Bertz CT molecular complexity index is 1090. The molecule has 130 valence electrons. The number of benzene rings is 1. The fourth-order valence-electron chi connectivity index (χ4n) is 3.28. The number of rotatable bonds is 0. The Hall–Kier alpha value is -3.00. The van der Waals surface area contributed by atoms with Gasteiger partial charge in [0.05, 0.1) is 5.52 Å². The first-order chi connectivity index (χ1) is 12.6. The van der Waals surface area contributed by atoms with Crippen LogP contribution in [0.4, 0.5) is 4.39 Å². The molecule has 0 bridgehead atoms. The molecule has 3 aromatic rings. The molecule has 0 saturated heterocycles. The molecule has 3 heterocycles. The maximum Gasteiger partial charge on any atom is 0.264 e. The van der Waals surface area contributed by atoms with E-state index in [2.05, 4.69) is 28.7 Å². The van der Waals surface area contributed by atoms with Crippen LogP contribution in [0.15, 0.2) is 41.3 Å². The molecule has 1 aliphatic heterocycles. The van der Waals surface area contributed by atoms with Crippen molar-refractivity contribution in [2.45, 2.75) is 32.7 Å². The van der Waals surface area contributed by atoms with E-state index >= 15 is 0 Å². The van der Waals surface area contributed by atoms with Gasteiger partial charge in [-0.1, -0.05) is 18.9 Å². The number of nitrogens with zero attached hydrogens (tertiary/aromatic N) is 3. The minimum absolute atomic E-state index is 0.0479. The van der Waals surface area contributed by atoms with Gasteiger partial charge < -0.3 is 0 Å². The van der Waals surface area contributed by atoms with Gasteiger partial charge in [-0.3, -0.25) is 9.36 Å². The molecule has 26 heavy (non-hydrogen) atoms. The van der Waals surface area contributed by atoms with Crippen LogP contribution in [0.5, 0.6) is 0 Å². The molecule has 0 N–H and O–H groups in total. The molecule has 1 atom stereocenters. The fourth-order valence-corrected chi connectivity index (χ4v) is 3.28. The monoisotopic (exact) mass is 347 g/mol. The molecule has 5 heteroatoms. The van der Waals surface area contributed by atoms with Gasteiger partial charge in [0.15, 0.2) is 0 Å². The number of halogens is 1. The summed E-state index contributed by atoms with van der Waals surface area (Å²) in [5.74, 6) is 6.52. The highest BCUT2D eigenvalue weighted by Crippen LogP contribution is 2.21. The van der Waals surface area contributed by atoms with E-state index in [0.29, 0.717) is 29.2 Å². The van der Waals surface area contributed by atoms with Crippen molar-refractivity contribution in [1.82, 2.24) is 14.5 Å². The first-order valence-electron chi connectivity index (χ1n) is 8.78. The molecule has 1 unspecified atom stereocenters. The molecular formula is C21H18FN3O. The average Bonchev–Trinajstić information content (AvgIpc) is 2.83. The van der Waals surface area contributed by atoms with Crippen LogP contribution in [0.1, 0.15) is 36.8 Å². The molecule has 0 radical (unpaired) electrons. The zero-order chi connectivity index (χ0) is 18.1. The maximum atomic E-state index is 14.6. The van der Waals surface area contributed by atoms with Crippen molar-refractivity contribution in [2.75, 3.05) is 0 Å². The van der Waals surface area contributed by atoms with Crippen molar-refractivity contribution < 1.29 is 4.39 Å². The van der Waals surface area contributed by atoms with Crippen molar-refractivity contribution in [3.8, 4) is 11.8 Å². The van der Waals surface area contributed by atoms with Crippen molar-refractivity contribution >= 4 is 10.9 Å². The number of pyridine rings is 1. The zero-order valence-corrected chi connectivity index (χ0v) is 14.5. The quantitative estimate of drug-likeness (QED) is 0.586. The minimum Gasteiger partial charge on any atom is -0.296 e. The lowest BCUT2D eigenvalue weighted by Crippen LogP contribution is -2.25. The Morgan fingerprint density at radius 3 is 2.92 bits per heavy atom. The lowest BCUT2D eigenvalue weighted by molar-refractivity contribution is 0.483. The smallest absolute Gasteiger partial charge is 0.264 e. The normalized spacial score (nSPS) is 16.5. The van der Waals surface area contributed by atoms with E-state index in [4.69, 9.17) is 0 Å². The topological polar surface area (TPSA) is 47.8 Å². The number of fused-ring (bicyclic) bond motifs is 2. The van der Waals surface area contributed by atoms with Gasteiger partial charge in [0, 0.05) is 24.7 Å². The third kappa shape index (κ3) is 3.11. The van der Waals surface area contributed by atoms with Crippen molar-refractivity contribution in [3.05, 3.63) is 69.8 Å². The van der Waals surface area contributed by atoms with Crippen LogP contribution in [-0.4, -0.2) is 14.5 Å². The van der Waals surface area contributed by atoms with E-state index in [1.54, 1.807) is 22.9 Å². The molecule has 0 spiro atoms. The first-order valence-corrected chi connectivity index (χ1v) is 8.78. The summed E-state index contributed by atoms with van der Waals surface area (Å²) in [7, 11) is 0. The highest BCUT2D eigenvalue weighted by molar-refractivity contribution is 5.80. The summed E-state index contributed by atoms with van der Waals surface area (Å²) in [6.07, 6.45) is 4.29. The summed E-state index contributed by atoms with van der Waals surface area (Å²) in [5.41, 5.74) is 1.18. The maximum absolute atomic E-state index is 14.6. The summed E-state index contributed by atoms with van der Waals surface area (Å²) in [6, 6.07) is 8.43. The molecule has 2 aromatic heterocycles. The van der Waals surface area contributed by atoms with E-state index in [1.165, 1.54) is 6.07 Å². The third-order valence-corrected chi connectivity index (χ3v) is 4.80. The largest absolute Gasteiger partial charge is 0.296 e. The van der Waals surface area contributed by atoms with Gasteiger partial charge in [-0.05, 0) is 48.9 Å². The van der Waals surface area contributed by atoms with Crippen LogP contribution in [0.2, 0.25) is 0 Å². The van der Waals surface area contributed by atoms with Gasteiger partial charge >= 0.3 is 0 Å². The Balaban J connectivity index is 1.83. The first kappa shape index (κ1) is 16.5.